The predicted molar refractivity (Wildman–Crippen MR) is 58.1 cm³/mol. The normalized spacial score (nSPS) is 10.9. The van der Waals surface area contributed by atoms with Gasteiger partial charge in [0.05, 0.1) is 18.9 Å². The molecule has 0 unspecified atom stereocenters. The minimum atomic E-state index is 0.110. The largest absolute Gasteiger partial charge is 0.396 e. The monoisotopic (exact) mass is 229 g/mol. The molecule has 0 amide bonds. The quantitative estimate of drug-likeness (QED) is 0.597. The molecule has 0 spiro atoms. The molecule has 1 aromatic heterocycles. The summed E-state index contributed by atoms with van der Waals surface area (Å²) in [7, 11) is 1.65. The van der Waals surface area contributed by atoms with Gasteiger partial charge in [-0.1, -0.05) is 5.21 Å². The molecular weight excluding hydrogens is 210 g/mol. The van der Waals surface area contributed by atoms with Crippen LogP contribution in [-0.2, 0) is 22.4 Å². The van der Waals surface area contributed by atoms with Crippen molar-refractivity contribution in [2.45, 2.75) is 19.4 Å². The van der Waals surface area contributed by atoms with Crippen LogP contribution in [0.1, 0.15) is 12.1 Å². The molecule has 0 aromatic carbocycles. The molecule has 0 radical (unpaired) electrons. The molecule has 16 heavy (non-hydrogen) atoms. The average Bonchev–Trinajstić information content (AvgIpc) is 2.72. The Morgan fingerprint density at radius 2 is 2.25 bits per heavy atom. The summed E-state index contributed by atoms with van der Waals surface area (Å²) < 4.78 is 12.0. The van der Waals surface area contributed by atoms with Crippen molar-refractivity contribution >= 4 is 0 Å². The fourth-order valence-corrected chi connectivity index (χ4v) is 1.25. The predicted octanol–water partition coefficient (Wildman–Crippen LogP) is -0.134. The number of hydrogen-bond donors (Lipinski definition) is 1. The van der Waals surface area contributed by atoms with Gasteiger partial charge < -0.3 is 14.6 Å². The van der Waals surface area contributed by atoms with Crippen molar-refractivity contribution in [1.29, 1.82) is 0 Å². The van der Waals surface area contributed by atoms with Crippen LogP contribution in [0.25, 0.3) is 0 Å². The number of ether oxygens (including phenoxy) is 2. The van der Waals surface area contributed by atoms with Crippen LogP contribution < -0.4 is 0 Å². The fourth-order valence-electron chi connectivity index (χ4n) is 1.25. The number of aromatic nitrogens is 3. The first-order valence-electron chi connectivity index (χ1n) is 5.43. The molecule has 1 aromatic rings. The lowest BCUT2D eigenvalue weighted by Gasteiger charge is -2.02. The molecule has 0 saturated carbocycles. The maximum atomic E-state index is 8.72. The fraction of sp³-hybridized carbons (Fsp3) is 0.800. The Labute approximate surface area is 95.2 Å². The van der Waals surface area contributed by atoms with Crippen LogP contribution in [0.4, 0.5) is 0 Å². The number of aliphatic hydroxyl groups excluding tert-OH is 1. The standard InChI is InChI=1S/C10H19N3O3/c1-15-7-8-16-6-2-4-13-9-10(3-5-14)11-12-13/h9,14H,2-8H2,1H3. The van der Waals surface area contributed by atoms with Crippen molar-refractivity contribution in [3.8, 4) is 0 Å². The highest BCUT2D eigenvalue weighted by Gasteiger charge is 1.99. The SMILES string of the molecule is COCCOCCCn1cc(CCO)nn1. The Balaban J connectivity index is 2.07. The third kappa shape index (κ3) is 5.20. The molecule has 0 fully saturated rings. The maximum Gasteiger partial charge on any atom is 0.0849 e. The van der Waals surface area contributed by atoms with Gasteiger partial charge in [0.2, 0.25) is 0 Å². The molecule has 0 saturated heterocycles. The van der Waals surface area contributed by atoms with E-state index in [2.05, 4.69) is 10.3 Å². The summed E-state index contributed by atoms with van der Waals surface area (Å²) in [6.45, 7) is 2.84. The van der Waals surface area contributed by atoms with Crippen molar-refractivity contribution < 1.29 is 14.6 Å². The van der Waals surface area contributed by atoms with Crippen LogP contribution in [-0.4, -0.2) is 53.6 Å². The van der Waals surface area contributed by atoms with Crippen LogP contribution >= 0.6 is 0 Å². The van der Waals surface area contributed by atoms with Gasteiger partial charge in [0.25, 0.3) is 0 Å². The van der Waals surface area contributed by atoms with Crippen LogP contribution in [0, 0.1) is 0 Å². The van der Waals surface area contributed by atoms with E-state index in [4.69, 9.17) is 14.6 Å². The number of nitrogens with zero attached hydrogens (tertiary/aromatic N) is 3. The van der Waals surface area contributed by atoms with Crippen LogP contribution in [0.2, 0.25) is 0 Å². The molecule has 0 aliphatic carbocycles. The minimum absolute atomic E-state index is 0.110. The van der Waals surface area contributed by atoms with E-state index >= 15 is 0 Å². The molecule has 6 nitrogen and oxygen atoms in total. The summed E-state index contributed by atoms with van der Waals surface area (Å²) in [5.41, 5.74) is 0.822. The lowest BCUT2D eigenvalue weighted by molar-refractivity contribution is 0.0676. The van der Waals surface area contributed by atoms with Gasteiger partial charge in [-0.15, -0.1) is 5.10 Å². The van der Waals surface area contributed by atoms with Gasteiger partial charge in [0.1, 0.15) is 0 Å². The van der Waals surface area contributed by atoms with Gasteiger partial charge in [-0.3, -0.25) is 4.68 Å². The van der Waals surface area contributed by atoms with Crippen molar-refractivity contribution in [2.75, 3.05) is 33.5 Å². The Morgan fingerprint density at radius 3 is 3.00 bits per heavy atom. The van der Waals surface area contributed by atoms with Gasteiger partial charge in [-0.05, 0) is 6.42 Å². The maximum absolute atomic E-state index is 8.72. The van der Waals surface area contributed by atoms with Crippen LogP contribution in [0.5, 0.6) is 0 Å². The zero-order chi connectivity index (χ0) is 11.6. The molecule has 0 aliphatic rings. The molecule has 1 rings (SSSR count). The summed E-state index contributed by atoms with van der Waals surface area (Å²) in [6.07, 6.45) is 3.31. The smallest absolute Gasteiger partial charge is 0.0849 e. The topological polar surface area (TPSA) is 69.4 Å². The van der Waals surface area contributed by atoms with Crippen molar-refractivity contribution in [2.24, 2.45) is 0 Å². The van der Waals surface area contributed by atoms with Crippen LogP contribution in [0.3, 0.4) is 0 Å². The first kappa shape index (κ1) is 13.1. The van der Waals surface area contributed by atoms with Gasteiger partial charge in [-0.25, -0.2) is 0 Å². The van der Waals surface area contributed by atoms with Gasteiger partial charge >= 0.3 is 0 Å². The lowest BCUT2D eigenvalue weighted by Crippen LogP contribution is -2.06. The third-order valence-electron chi connectivity index (χ3n) is 2.06. The highest BCUT2D eigenvalue weighted by molar-refractivity contribution is 4.91. The third-order valence-corrected chi connectivity index (χ3v) is 2.06. The van der Waals surface area contributed by atoms with E-state index in [1.807, 2.05) is 6.20 Å². The second-order valence-electron chi connectivity index (χ2n) is 3.41. The Hall–Kier alpha value is -0.980. The zero-order valence-corrected chi connectivity index (χ0v) is 9.63. The summed E-state index contributed by atoms with van der Waals surface area (Å²) in [5.74, 6) is 0. The summed E-state index contributed by atoms with van der Waals surface area (Å²) in [6, 6.07) is 0. The van der Waals surface area contributed by atoms with E-state index in [-0.39, 0.29) is 6.61 Å². The molecule has 0 bridgehead atoms. The Kier molecular flexibility index (Phi) is 6.71. The van der Waals surface area contributed by atoms with E-state index < -0.39 is 0 Å². The van der Waals surface area contributed by atoms with Crippen molar-refractivity contribution in [1.82, 2.24) is 15.0 Å². The number of aryl methyl sites for hydroxylation is 1. The molecule has 6 heteroatoms. The average molecular weight is 229 g/mol. The van der Waals surface area contributed by atoms with Gasteiger partial charge in [0.15, 0.2) is 0 Å². The van der Waals surface area contributed by atoms with Crippen LogP contribution in [0.15, 0.2) is 6.20 Å². The molecule has 92 valence electrons. The lowest BCUT2D eigenvalue weighted by atomic mass is 10.3. The highest BCUT2D eigenvalue weighted by atomic mass is 16.5. The number of hydrogen-bond acceptors (Lipinski definition) is 5. The summed E-state index contributed by atoms with van der Waals surface area (Å²) in [5, 5.41) is 16.6. The first-order chi connectivity index (χ1) is 7.86. The van der Waals surface area contributed by atoms with E-state index in [0.29, 0.717) is 26.2 Å². The summed E-state index contributed by atoms with van der Waals surface area (Å²) in [4.78, 5) is 0. The Morgan fingerprint density at radius 1 is 1.38 bits per heavy atom. The van der Waals surface area contributed by atoms with Crippen molar-refractivity contribution in [3.05, 3.63) is 11.9 Å². The van der Waals surface area contributed by atoms with E-state index in [1.54, 1.807) is 11.8 Å². The highest BCUT2D eigenvalue weighted by Crippen LogP contribution is 1.95. The second kappa shape index (κ2) is 8.20. The molecule has 0 atom stereocenters. The minimum Gasteiger partial charge on any atom is -0.396 e. The van der Waals surface area contributed by atoms with Crippen molar-refractivity contribution in [3.63, 3.8) is 0 Å². The zero-order valence-electron chi connectivity index (χ0n) is 9.63. The second-order valence-corrected chi connectivity index (χ2v) is 3.41. The Bertz CT molecular complexity index is 278. The van der Waals surface area contributed by atoms with E-state index in [1.165, 1.54) is 0 Å². The summed E-state index contributed by atoms with van der Waals surface area (Å²) >= 11 is 0. The van der Waals surface area contributed by atoms with E-state index in [0.717, 1.165) is 18.7 Å². The van der Waals surface area contributed by atoms with Gasteiger partial charge in [0, 0.05) is 39.5 Å². The molecule has 0 aliphatic heterocycles. The molecular formula is C10H19N3O3. The molecule has 1 heterocycles. The number of aliphatic hydroxyl groups is 1. The first-order valence-corrected chi connectivity index (χ1v) is 5.43. The number of rotatable bonds is 9. The van der Waals surface area contributed by atoms with E-state index in [9.17, 15) is 0 Å². The number of methoxy groups -OCH3 is 1. The molecule has 1 N–H and O–H groups in total. The van der Waals surface area contributed by atoms with Gasteiger partial charge in [-0.2, -0.15) is 0 Å².